The molecule has 20 heavy (non-hydrogen) atoms. The Hall–Kier alpha value is -1.20. The molecule has 0 saturated heterocycles. The molecule has 0 aliphatic heterocycles. The van der Waals surface area contributed by atoms with Gasteiger partial charge in [-0.3, -0.25) is 4.79 Å². The average Bonchev–Trinajstić information content (AvgIpc) is 2.44. The lowest BCUT2D eigenvalue weighted by atomic mass is 10.2. The van der Waals surface area contributed by atoms with Crippen molar-refractivity contribution in [2.45, 2.75) is 32.4 Å². The minimum atomic E-state index is -0.436. The number of carbonyl (C=O) groups excluding carboxylic acids is 1. The maximum Gasteiger partial charge on any atom is 0.237 e. The van der Waals surface area contributed by atoms with E-state index in [1.807, 2.05) is 44.4 Å². The third-order valence-corrected chi connectivity index (χ3v) is 3.54. The summed E-state index contributed by atoms with van der Waals surface area (Å²) < 4.78 is 5.72. The summed E-state index contributed by atoms with van der Waals surface area (Å²) in [6.45, 7) is 4.41. The van der Waals surface area contributed by atoms with Crippen LogP contribution in [-0.4, -0.2) is 36.6 Å². The molecule has 1 aromatic carbocycles. The summed E-state index contributed by atoms with van der Waals surface area (Å²) in [6, 6.07) is 7.42. The molecular formula is C15H24N2O2S. The second-order valence-electron chi connectivity index (χ2n) is 4.87. The number of aryl methyl sites for hydroxylation is 1. The molecule has 0 radical (unpaired) electrons. The van der Waals surface area contributed by atoms with Crippen LogP contribution >= 0.6 is 11.8 Å². The van der Waals surface area contributed by atoms with Crippen LogP contribution in [0, 0.1) is 6.92 Å². The van der Waals surface area contributed by atoms with Crippen LogP contribution < -0.4 is 15.8 Å². The van der Waals surface area contributed by atoms with Crippen LogP contribution in [0.25, 0.3) is 0 Å². The summed E-state index contributed by atoms with van der Waals surface area (Å²) in [5.41, 5.74) is 6.99. The number of rotatable bonds is 8. The molecule has 2 atom stereocenters. The minimum Gasteiger partial charge on any atom is -0.489 e. The number of carbonyl (C=O) groups is 1. The monoisotopic (exact) mass is 296 g/mol. The zero-order valence-corrected chi connectivity index (χ0v) is 13.2. The fraction of sp³-hybridized carbons (Fsp3) is 0.533. The lowest BCUT2D eigenvalue weighted by molar-refractivity contribution is -0.122. The lowest BCUT2D eigenvalue weighted by Crippen LogP contribution is -2.44. The fourth-order valence-corrected chi connectivity index (χ4v) is 2.13. The number of ether oxygens (including phenoxy) is 1. The van der Waals surface area contributed by atoms with Gasteiger partial charge in [-0.05, 0) is 44.4 Å². The third kappa shape index (κ3) is 6.30. The standard InChI is InChI=1S/C15H24N2O2S/c1-11-4-6-13(7-5-11)19-12(2)10-17-15(18)14(16)8-9-20-3/h4-7,12,14H,8-10,16H2,1-3H3,(H,17,18)/t12?,14-/m0/s1. The summed E-state index contributed by atoms with van der Waals surface area (Å²) in [4.78, 5) is 11.7. The summed E-state index contributed by atoms with van der Waals surface area (Å²) in [5.74, 6) is 1.59. The Morgan fingerprint density at radius 1 is 1.40 bits per heavy atom. The highest BCUT2D eigenvalue weighted by Gasteiger charge is 2.14. The van der Waals surface area contributed by atoms with E-state index in [1.54, 1.807) is 11.8 Å². The Labute approximate surface area is 125 Å². The topological polar surface area (TPSA) is 64.4 Å². The van der Waals surface area contributed by atoms with Crippen LogP contribution in [-0.2, 0) is 4.79 Å². The molecule has 5 heteroatoms. The van der Waals surface area contributed by atoms with E-state index in [0.717, 1.165) is 11.5 Å². The Bertz CT molecular complexity index is 409. The van der Waals surface area contributed by atoms with Crippen molar-refractivity contribution in [3.05, 3.63) is 29.8 Å². The molecule has 0 aromatic heterocycles. The number of nitrogens with two attached hydrogens (primary N) is 1. The smallest absolute Gasteiger partial charge is 0.237 e. The van der Waals surface area contributed by atoms with Crippen molar-refractivity contribution in [2.75, 3.05) is 18.6 Å². The molecule has 0 aliphatic carbocycles. The lowest BCUT2D eigenvalue weighted by Gasteiger charge is -2.17. The average molecular weight is 296 g/mol. The van der Waals surface area contributed by atoms with Gasteiger partial charge in [-0.2, -0.15) is 11.8 Å². The van der Waals surface area contributed by atoms with Crippen molar-refractivity contribution < 1.29 is 9.53 Å². The van der Waals surface area contributed by atoms with Gasteiger partial charge in [0.15, 0.2) is 0 Å². The number of hydrogen-bond acceptors (Lipinski definition) is 4. The third-order valence-electron chi connectivity index (χ3n) is 2.89. The summed E-state index contributed by atoms with van der Waals surface area (Å²) in [7, 11) is 0. The predicted octanol–water partition coefficient (Wildman–Crippen LogP) is 1.96. The van der Waals surface area contributed by atoms with E-state index < -0.39 is 6.04 Å². The first-order chi connectivity index (χ1) is 9.52. The number of amides is 1. The molecule has 1 rings (SSSR count). The Morgan fingerprint density at radius 3 is 2.65 bits per heavy atom. The molecule has 0 bridgehead atoms. The molecule has 4 nitrogen and oxygen atoms in total. The maximum atomic E-state index is 11.7. The molecule has 3 N–H and O–H groups in total. The quantitative estimate of drug-likeness (QED) is 0.770. The van der Waals surface area contributed by atoms with E-state index in [0.29, 0.717) is 13.0 Å². The van der Waals surface area contributed by atoms with Gasteiger partial charge in [-0.25, -0.2) is 0 Å². The Balaban J connectivity index is 2.30. The Kier molecular flexibility index (Phi) is 7.47. The SMILES string of the molecule is CSCC[C@H](N)C(=O)NCC(C)Oc1ccc(C)cc1. The largest absolute Gasteiger partial charge is 0.489 e. The van der Waals surface area contributed by atoms with Crippen LogP contribution in [0.4, 0.5) is 0 Å². The van der Waals surface area contributed by atoms with Crippen molar-refractivity contribution in [3.8, 4) is 5.75 Å². The zero-order chi connectivity index (χ0) is 15.0. The molecule has 1 unspecified atom stereocenters. The summed E-state index contributed by atoms with van der Waals surface area (Å²) in [5, 5.41) is 2.82. The first kappa shape index (κ1) is 16.9. The van der Waals surface area contributed by atoms with Crippen molar-refractivity contribution in [1.29, 1.82) is 0 Å². The second-order valence-corrected chi connectivity index (χ2v) is 5.86. The van der Waals surface area contributed by atoms with E-state index in [9.17, 15) is 4.79 Å². The van der Waals surface area contributed by atoms with Crippen molar-refractivity contribution in [3.63, 3.8) is 0 Å². The van der Waals surface area contributed by atoms with E-state index in [2.05, 4.69) is 5.32 Å². The first-order valence-electron chi connectivity index (χ1n) is 6.78. The molecule has 1 aromatic rings. The molecule has 1 amide bonds. The van der Waals surface area contributed by atoms with Gasteiger partial charge < -0.3 is 15.8 Å². The zero-order valence-electron chi connectivity index (χ0n) is 12.4. The summed E-state index contributed by atoms with van der Waals surface area (Å²) >= 11 is 1.69. The van der Waals surface area contributed by atoms with Crippen LogP contribution in [0.1, 0.15) is 18.9 Å². The van der Waals surface area contributed by atoms with Crippen LogP contribution in [0.15, 0.2) is 24.3 Å². The van der Waals surface area contributed by atoms with E-state index >= 15 is 0 Å². The number of thioether (sulfide) groups is 1. The maximum absolute atomic E-state index is 11.7. The highest BCUT2D eigenvalue weighted by Crippen LogP contribution is 2.12. The van der Waals surface area contributed by atoms with Gasteiger partial charge in [0.2, 0.25) is 5.91 Å². The molecule has 0 spiro atoms. The predicted molar refractivity (Wildman–Crippen MR) is 85.3 cm³/mol. The van der Waals surface area contributed by atoms with Gasteiger partial charge in [0.25, 0.3) is 0 Å². The molecule has 0 fully saturated rings. The van der Waals surface area contributed by atoms with Crippen molar-refractivity contribution in [2.24, 2.45) is 5.73 Å². The van der Waals surface area contributed by atoms with E-state index in [4.69, 9.17) is 10.5 Å². The normalized spacial score (nSPS) is 13.6. The van der Waals surface area contributed by atoms with Crippen LogP contribution in [0.3, 0.4) is 0 Å². The molecule has 112 valence electrons. The number of nitrogens with one attached hydrogen (secondary N) is 1. The number of hydrogen-bond donors (Lipinski definition) is 2. The molecule has 0 aliphatic rings. The first-order valence-corrected chi connectivity index (χ1v) is 8.18. The van der Waals surface area contributed by atoms with Crippen molar-refractivity contribution in [1.82, 2.24) is 5.32 Å². The van der Waals surface area contributed by atoms with E-state index in [1.165, 1.54) is 5.56 Å². The van der Waals surface area contributed by atoms with Gasteiger partial charge >= 0.3 is 0 Å². The molecular weight excluding hydrogens is 272 g/mol. The van der Waals surface area contributed by atoms with Crippen LogP contribution in [0.2, 0.25) is 0 Å². The highest BCUT2D eigenvalue weighted by molar-refractivity contribution is 7.98. The van der Waals surface area contributed by atoms with Gasteiger partial charge in [-0.15, -0.1) is 0 Å². The minimum absolute atomic E-state index is 0.0885. The second kappa shape index (κ2) is 8.87. The fourth-order valence-electron chi connectivity index (χ4n) is 1.64. The van der Waals surface area contributed by atoms with Gasteiger partial charge in [0, 0.05) is 0 Å². The van der Waals surface area contributed by atoms with Gasteiger partial charge in [-0.1, -0.05) is 17.7 Å². The Morgan fingerprint density at radius 2 is 2.05 bits per heavy atom. The van der Waals surface area contributed by atoms with Gasteiger partial charge in [0.1, 0.15) is 11.9 Å². The van der Waals surface area contributed by atoms with Crippen LogP contribution in [0.5, 0.6) is 5.75 Å². The highest BCUT2D eigenvalue weighted by atomic mass is 32.2. The molecule has 0 heterocycles. The van der Waals surface area contributed by atoms with Gasteiger partial charge in [0.05, 0.1) is 12.6 Å². The molecule has 0 saturated carbocycles. The number of benzene rings is 1. The van der Waals surface area contributed by atoms with E-state index in [-0.39, 0.29) is 12.0 Å². The van der Waals surface area contributed by atoms with Crippen molar-refractivity contribution >= 4 is 17.7 Å². The summed E-state index contributed by atoms with van der Waals surface area (Å²) in [6.07, 6.45) is 2.61.